The zero-order valence-corrected chi connectivity index (χ0v) is 22.1. The van der Waals surface area contributed by atoms with Crippen molar-refractivity contribution in [1.29, 1.82) is 0 Å². The molecule has 184 valence electrons. The standard InChI is InChI=1S/C30H21Cl2FN2OS/c1-19(22-13-16-24(26(33)17-22)20-7-3-2-4-8-20)29(36)34-30-35(27-10-6-5-9-25(27)32)28(18-37-30)21-11-14-23(31)15-12-21/h2-19H,1H3. The Labute approximate surface area is 228 Å². The minimum atomic E-state index is -0.639. The van der Waals surface area contributed by atoms with Crippen LogP contribution in [0.15, 0.2) is 107 Å². The number of rotatable bonds is 5. The van der Waals surface area contributed by atoms with Gasteiger partial charge in [-0.1, -0.05) is 89.9 Å². The summed E-state index contributed by atoms with van der Waals surface area (Å²) >= 11 is 14.0. The van der Waals surface area contributed by atoms with Gasteiger partial charge in [-0.25, -0.2) is 4.39 Å². The Balaban J connectivity index is 1.55. The van der Waals surface area contributed by atoms with E-state index in [9.17, 15) is 9.18 Å². The molecule has 3 nitrogen and oxygen atoms in total. The number of hydrogen-bond acceptors (Lipinski definition) is 2. The van der Waals surface area contributed by atoms with Crippen molar-refractivity contribution in [2.24, 2.45) is 4.99 Å². The number of aromatic nitrogens is 1. The average Bonchev–Trinajstić information content (AvgIpc) is 3.32. The second-order valence-corrected chi connectivity index (χ2v) is 10.2. The van der Waals surface area contributed by atoms with Crippen LogP contribution in [0, 0.1) is 5.82 Å². The lowest BCUT2D eigenvalue weighted by Gasteiger charge is -2.12. The van der Waals surface area contributed by atoms with Crippen LogP contribution in [-0.2, 0) is 4.79 Å². The minimum absolute atomic E-state index is 0.378. The lowest BCUT2D eigenvalue weighted by Crippen LogP contribution is -2.19. The highest BCUT2D eigenvalue weighted by Gasteiger charge is 2.19. The molecule has 1 aromatic heterocycles. The molecule has 7 heteroatoms. The van der Waals surface area contributed by atoms with E-state index in [4.69, 9.17) is 23.2 Å². The Morgan fingerprint density at radius 3 is 2.30 bits per heavy atom. The molecule has 0 aliphatic rings. The van der Waals surface area contributed by atoms with Crippen LogP contribution >= 0.6 is 34.5 Å². The molecule has 0 bridgehead atoms. The summed E-state index contributed by atoms with van der Waals surface area (Å²) in [4.78, 5) is 18.2. The van der Waals surface area contributed by atoms with Crippen molar-refractivity contribution < 1.29 is 9.18 Å². The van der Waals surface area contributed by atoms with Gasteiger partial charge >= 0.3 is 0 Å². The predicted octanol–water partition coefficient (Wildman–Crippen LogP) is 8.55. The summed E-state index contributed by atoms with van der Waals surface area (Å²) in [5.74, 6) is -1.40. The van der Waals surface area contributed by atoms with Crippen molar-refractivity contribution in [3.8, 4) is 28.1 Å². The smallest absolute Gasteiger partial charge is 0.255 e. The Morgan fingerprint density at radius 2 is 1.59 bits per heavy atom. The van der Waals surface area contributed by atoms with E-state index < -0.39 is 5.92 Å². The fourth-order valence-electron chi connectivity index (χ4n) is 4.06. The fraction of sp³-hybridized carbons (Fsp3) is 0.0667. The molecular formula is C30H21Cl2FN2OS. The molecule has 5 rings (SSSR count). The highest BCUT2D eigenvalue weighted by molar-refractivity contribution is 7.07. The van der Waals surface area contributed by atoms with E-state index in [-0.39, 0.29) is 11.7 Å². The third-order valence-electron chi connectivity index (χ3n) is 6.10. The van der Waals surface area contributed by atoms with Crippen molar-refractivity contribution in [2.45, 2.75) is 12.8 Å². The molecule has 1 heterocycles. The molecule has 0 radical (unpaired) electrons. The first kappa shape index (κ1) is 25.2. The maximum atomic E-state index is 15.0. The van der Waals surface area contributed by atoms with Crippen molar-refractivity contribution >= 4 is 40.4 Å². The van der Waals surface area contributed by atoms with E-state index in [2.05, 4.69) is 4.99 Å². The maximum Gasteiger partial charge on any atom is 0.255 e. The third-order valence-corrected chi connectivity index (χ3v) is 7.49. The number of hydrogen-bond donors (Lipinski definition) is 0. The van der Waals surface area contributed by atoms with Crippen LogP contribution in [-0.4, -0.2) is 10.5 Å². The molecule has 4 aromatic carbocycles. The van der Waals surface area contributed by atoms with Crippen molar-refractivity contribution in [2.75, 3.05) is 0 Å². The molecule has 0 aliphatic carbocycles. The van der Waals surface area contributed by atoms with E-state index >= 15 is 0 Å². The number of para-hydroxylation sites is 1. The van der Waals surface area contributed by atoms with Gasteiger partial charge in [-0.05, 0) is 53.9 Å². The summed E-state index contributed by atoms with van der Waals surface area (Å²) in [6.07, 6.45) is 0. The SMILES string of the molecule is CC(C(=O)N=c1scc(-c2ccc(Cl)cc2)n1-c1ccccc1Cl)c1ccc(-c2ccccc2)c(F)c1. The number of nitrogens with zero attached hydrogens (tertiary/aromatic N) is 2. The molecule has 0 saturated carbocycles. The normalized spacial score (nSPS) is 12.5. The zero-order chi connectivity index (χ0) is 25.9. The molecule has 1 unspecified atom stereocenters. The number of halogens is 3. The van der Waals surface area contributed by atoms with Gasteiger partial charge in [0.15, 0.2) is 4.80 Å². The first-order valence-corrected chi connectivity index (χ1v) is 13.2. The summed E-state index contributed by atoms with van der Waals surface area (Å²) in [6.45, 7) is 1.73. The summed E-state index contributed by atoms with van der Waals surface area (Å²) in [5, 5.41) is 3.08. The Kier molecular flexibility index (Phi) is 7.38. The molecule has 0 spiro atoms. The van der Waals surface area contributed by atoms with Gasteiger partial charge in [0, 0.05) is 16.0 Å². The Morgan fingerprint density at radius 1 is 0.892 bits per heavy atom. The largest absolute Gasteiger partial charge is 0.283 e. The number of thiazole rings is 1. The third kappa shape index (κ3) is 5.30. The van der Waals surface area contributed by atoms with Gasteiger partial charge < -0.3 is 0 Å². The van der Waals surface area contributed by atoms with E-state index in [0.29, 0.717) is 31.7 Å². The van der Waals surface area contributed by atoms with Gasteiger partial charge in [-0.15, -0.1) is 11.3 Å². The summed E-state index contributed by atoms with van der Waals surface area (Å²) in [5.41, 5.74) is 4.26. The highest BCUT2D eigenvalue weighted by Crippen LogP contribution is 2.29. The van der Waals surface area contributed by atoms with Gasteiger partial charge in [0.2, 0.25) is 0 Å². The number of carbonyl (C=O) groups excluding carboxylic acids is 1. The molecule has 0 saturated heterocycles. The summed E-state index contributed by atoms with van der Waals surface area (Å²) in [7, 11) is 0. The molecule has 1 amide bonds. The van der Waals surface area contributed by atoms with Crippen molar-refractivity contribution in [1.82, 2.24) is 4.57 Å². The van der Waals surface area contributed by atoms with E-state index in [1.165, 1.54) is 17.4 Å². The number of carbonyl (C=O) groups is 1. The fourth-order valence-corrected chi connectivity index (χ4v) is 5.31. The number of benzene rings is 4. The van der Waals surface area contributed by atoms with Crippen LogP contribution < -0.4 is 4.80 Å². The lowest BCUT2D eigenvalue weighted by molar-refractivity contribution is -0.119. The van der Waals surface area contributed by atoms with Crippen LogP contribution in [0.1, 0.15) is 18.4 Å². The van der Waals surface area contributed by atoms with Gasteiger partial charge in [0.1, 0.15) is 5.82 Å². The molecule has 5 aromatic rings. The van der Waals surface area contributed by atoms with Crippen LogP contribution in [0.25, 0.3) is 28.1 Å². The molecule has 0 fully saturated rings. The van der Waals surface area contributed by atoms with Crippen LogP contribution in [0.3, 0.4) is 0 Å². The van der Waals surface area contributed by atoms with E-state index in [1.807, 2.05) is 82.7 Å². The molecule has 0 aliphatic heterocycles. The van der Waals surface area contributed by atoms with Gasteiger partial charge in [-0.2, -0.15) is 4.99 Å². The molecule has 0 N–H and O–H groups in total. The predicted molar refractivity (Wildman–Crippen MR) is 150 cm³/mol. The molecular weight excluding hydrogens is 526 g/mol. The maximum absolute atomic E-state index is 15.0. The molecule has 1 atom stereocenters. The first-order chi connectivity index (χ1) is 17.9. The summed E-state index contributed by atoms with van der Waals surface area (Å²) < 4.78 is 16.8. The Bertz CT molecular complexity index is 1640. The van der Waals surface area contributed by atoms with Crippen molar-refractivity contribution in [3.63, 3.8) is 0 Å². The van der Waals surface area contributed by atoms with Gasteiger partial charge in [0.05, 0.1) is 22.3 Å². The second kappa shape index (κ2) is 10.9. The lowest BCUT2D eigenvalue weighted by atomic mass is 9.96. The highest BCUT2D eigenvalue weighted by atomic mass is 35.5. The van der Waals surface area contributed by atoms with Crippen molar-refractivity contribution in [3.05, 3.63) is 129 Å². The molecule has 37 heavy (non-hydrogen) atoms. The van der Waals surface area contributed by atoms with E-state index in [1.54, 1.807) is 25.1 Å². The van der Waals surface area contributed by atoms with E-state index in [0.717, 1.165) is 16.8 Å². The average molecular weight is 547 g/mol. The van der Waals surface area contributed by atoms with Crippen LogP contribution in [0.4, 0.5) is 4.39 Å². The second-order valence-electron chi connectivity index (χ2n) is 8.47. The van der Waals surface area contributed by atoms with Crippen LogP contribution in [0.5, 0.6) is 0 Å². The monoisotopic (exact) mass is 546 g/mol. The number of amides is 1. The summed E-state index contributed by atoms with van der Waals surface area (Å²) in [6, 6.07) is 29.0. The quantitative estimate of drug-likeness (QED) is 0.217. The van der Waals surface area contributed by atoms with Gasteiger partial charge in [0.25, 0.3) is 5.91 Å². The zero-order valence-electron chi connectivity index (χ0n) is 19.7. The Hall–Kier alpha value is -3.51. The van der Waals surface area contributed by atoms with Gasteiger partial charge in [-0.3, -0.25) is 9.36 Å². The first-order valence-electron chi connectivity index (χ1n) is 11.6. The topological polar surface area (TPSA) is 34.4 Å². The minimum Gasteiger partial charge on any atom is -0.283 e. The van der Waals surface area contributed by atoms with Crippen LogP contribution in [0.2, 0.25) is 10.0 Å².